The van der Waals surface area contributed by atoms with E-state index in [4.69, 9.17) is 10.0 Å². The molecule has 80 valence electrons. The molecule has 0 fully saturated rings. The van der Waals surface area contributed by atoms with Crippen molar-refractivity contribution in [3.05, 3.63) is 29.3 Å². The van der Waals surface area contributed by atoms with Crippen LogP contribution in [0.4, 0.5) is 0 Å². The van der Waals surface area contributed by atoms with Crippen LogP contribution in [0.15, 0.2) is 18.2 Å². The van der Waals surface area contributed by atoms with Crippen LogP contribution >= 0.6 is 0 Å². The minimum absolute atomic E-state index is 0.144. The Bertz CT molecular complexity index is 366. The monoisotopic (exact) mass is 207 g/mol. The molecule has 3 N–H and O–H groups in total. The first-order valence-electron chi connectivity index (χ1n) is 4.81. The summed E-state index contributed by atoms with van der Waals surface area (Å²) in [4.78, 5) is 11.5. The fraction of sp³-hybridized carbons (Fsp3) is 0.300. The molecule has 0 heterocycles. The predicted molar refractivity (Wildman–Crippen MR) is 59.0 cm³/mol. The first kappa shape index (κ1) is 11.7. The van der Waals surface area contributed by atoms with Gasteiger partial charge in [0.15, 0.2) is 0 Å². The van der Waals surface area contributed by atoms with Crippen molar-refractivity contribution in [3.63, 3.8) is 0 Å². The van der Waals surface area contributed by atoms with E-state index in [1.807, 2.05) is 6.92 Å². The third kappa shape index (κ3) is 2.81. The molecule has 0 aliphatic heterocycles. The number of carbonyl (C=O) groups is 1. The van der Waals surface area contributed by atoms with Gasteiger partial charge < -0.3 is 15.4 Å². The summed E-state index contributed by atoms with van der Waals surface area (Å²) in [7, 11) is -1.49. The Hall–Kier alpha value is -1.33. The maximum Gasteiger partial charge on any atom is 0.488 e. The lowest BCUT2D eigenvalue weighted by Gasteiger charge is -2.07. The SMILES string of the molecule is CCNC(=O)c1ccc(B(O)O)cc1C. The summed E-state index contributed by atoms with van der Waals surface area (Å²) in [5.74, 6) is -0.144. The van der Waals surface area contributed by atoms with Crippen molar-refractivity contribution in [2.75, 3.05) is 6.54 Å². The van der Waals surface area contributed by atoms with Crippen molar-refractivity contribution in [1.29, 1.82) is 0 Å². The van der Waals surface area contributed by atoms with Gasteiger partial charge in [-0.05, 0) is 30.9 Å². The molecule has 0 saturated heterocycles. The van der Waals surface area contributed by atoms with E-state index in [0.29, 0.717) is 17.6 Å². The molecule has 0 unspecified atom stereocenters. The van der Waals surface area contributed by atoms with Crippen molar-refractivity contribution in [1.82, 2.24) is 5.32 Å². The lowest BCUT2D eigenvalue weighted by Crippen LogP contribution is -2.31. The molecular formula is C10H14BNO3. The number of nitrogens with one attached hydrogen (secondary N) is 1. The number of hydrogen-bond donors (Lipinski definition) is 3. The largest absolute Gasteiger partial charge is 0.488 e. The van der Waals surface area contributed by atoms with Gasteiger partial charge in [0.05, 0.1) is 0 Å². The van der Waals surface area contributed by atoms with Gasteiger partial charge in [0, 0.05) is 12.1 Å². The molecule has 1 aromatic rings. The lowest BCUT2D eigenvalue weighted by atomic mass is 9.79. The van der Waals surface area contributed by atoms with E-state index in [0.717, 1.165) is 5.56 Å². The summed E-state index contributed by atoms with van der Waals surface area (Å²) < 4.78 is 0. The average Bonchev–Trinajstić information content (AvgIpc) is 2.17. The van der Waals surface area contributed by atoms with E-state index in [1.165, 1.54) is 6.07 Å². The molecule has 1 aromatic carbocycles. The van der Waals surface area contributed by atoms with Crippen LogP contribution in [0.5, 0.6) is 0 Å². The summed E-state index contributed by atoms with van der Waals surface area (Å²) in [6.07, 6.45) is 0. The Balaban J connectivity index is 2.98. The number of aryl methyl sites for hydroxylation is 1. The first-order valence-corrected chi connectivity index (χ1v) is 4.81. The fourth-order valence-electron chi connectivity index (χ4n) is 1.36. The van der Waals surface area contributed by atoms with E-state index >= 15 is 0 Å². The minimum Gasteiger partial charge on any atom is -0.423 e. The molecule has 1 rings (SSSR count). The summed E-state index contributed by atoms with van der Waals surface area (Å²) in [5.41, 5.74) is 1.67. The van der Waals surface area contributed by atoms with Crippen LogP contribution in [-0.2, 0) is 0 Å². The van der Waals surface area contributed by atoms with Crippen LogP contribution in [0, 0.1) is 6.92 Å². The Morgan fingerprint density at radius 1 is 1.47 bits per heavy atom. The number of hydrogen-bond acceptors (Lipinski definition) is 3. The molecule has 0 aliphatic carbocycles. The standard InChI is InChI=1S/C10H14BNO3/c1-3-12-10(13)9-5-4-8(11(14)15)6-7(9)2/h4-6,14-15H,3H2,1-2H3,(H,12,13). The van der Waals surface area contributed by atoms with Crippen molar-refractivity contribution in [2.24, 2.45) is 0 Å². The van der Waals surface area contributed by atoms with E-state index in [-0.39, 0.29) is 5.91 Å². The van der Waals surface area contributed by atoms with Crippen LogP contribution < -0.4 is 10.8 Å². The van der Waals surface area contributed by atoms with Crippen molar-refractivity contribution < 1.29 is 14.8 Å². The molecule has 0 saturated carbocycles. The molecule has 0 spiro atoms. The zero-order valence-electron chi connectivity index (χ0n) is 8.82. The van der Waals surface area contributed by atoms with Crippen molar-refractivity contribution in [2.45, 2.75) is 13.8 Å². The molecule has 15 heavy (non-hydrogen) atoms. The fourth-order valence-corrected chi connectivity index (χ4v) is 1.36. The molecule has 0 bridgehead atoms. The van der Waals surface area contributed by atoms with Crippen molar-refractivity contribution in [3.8, 4) is 0 Å². The van der Waals surface area contributed by atoms with Gasteiger partial charge in [0.25, 0.3) is 5.91 Å². The van der Waals surface area contributed by atoms with Crippen LogP contribution in [-0.4, -0.2) is 29.6 Å². The van der Waals surface area contributed by atoms with Gasteiger partial charge in [0.2, 0.25) is 0 Å². The highest BCUT2D eigenvalue weighted by Gasteiger charge is 2.14. The van der Waals surface area contributed by atoms with Gasteiger partial charge in [-0.2, -0.15) is 0 Å². The third-order valence-electron chi connectivity index (χ3n) is 2.13. The number of benzene rings is 1. The molecule has 0 radical (unpaired) electrons. The van der Waals surface area contributed by atoms with E-state index < -0.39 is 7.12 Å². The number of amides is 1. The average molecular weight is 207 g/mol. The summed E-state index contributed by atoms with van der Waals surface area (Å²) in [5, 5.41) is 20.6. The second kappa shape index (κ2) is 4.95. The van der Waals surface area contributed by atoms with Gasteiger partial charge in [0.1, 0.15) is 0 Å². The lowest BCUT2D eigenvalue weighted by molar-refractivity contribution is 0.0955. The molecule has 5 heteroatoms. The summed E-state index contributed by atoms with van der Waals surface area (Å²) in [6.45, 7) is 4.18. The van der Waals surface area contributed by atoms with Gasteiger partial charge in [-0.25, -0.2) is 0 Å². The predicted octanol–water partition coefficient (Wildman–Crippen LogP) is -0.575. The maximum atomic E-state index is 11.5. The highest BCUT2D eigenvalue weighted by Crippen LogP contribution is 2.05. The molecule has 1 amide bonds. The van der Waals surface area contributed by atoms with Crippen LogP contribution in [0.2, 0.25) is 0 Å². The zero-order chi connectivity index (χ0) is 11.4. The molecular weight excluding hydrogens is 193 g/mol. The van der Waals surface area contributed by atoms with Crippen molar-refractivity contribution >= 4 is 18.5 Å². The highest BCUT2D eigenvalue weighted by molar-refractivity contribution is 6.58. The van der Waals surface area contributed by atoms with Gasteiger partial charge in [-0.15, -0.1) is 0 Å². The van der Waals surface area contributed by atoms with Crippen LogP contribution in [0.3, 0.4) is 0 Å². The number of rotatable bonds is 3. The second-order valence-electron chi connectivity index (χ2n) is 3.31. The molecule has 0 aromatic heterocycles. The van der Waals surface area contributed by atoms with E-state index in [2.05, 4.69) is 5.32 Å². The van der Waals surface area contributed by atoms with Crippen LogP contribution in [0.1, 0.15) is 22.8 Å². The Kier molecular flexibility index (Phi) is 3.88. The Labute approximate surface area is 89.1 Å². The Morgan fingerprint density at radius 3 is 2.60 bits per heavy atom. The molecule has 0 atom stereocenters. The maximum absolute atomic E-state index is 11.5. The van der Waals surface area contributed by atoms with Gasteiger partial charge >= 0.3 is 7.12 Å². The van der Waals surface area contributed by atoms with Gasteiger partial charge in [-0.3, -0.25) is 4.79 Å². The zero-order valence-corrected chi connectivity index (χ0v) is 8.82. The number of carbonyl (C=O) groups excluding carboxylic acids is 1. The quantitative estimate of drug-likeness (QED) is 0.581. The molecule has 4 nitrogen and oxygen atoms in total. The summed E-state index contributed by atoms with van der Waals surface area (Å²) >= 11 is 0. The normalized spacial score (nSPS) is 9.87. The third-order valence-corrected chi connectivity index (χ3v) is 2.13. The topological polar surface area (TPSA) is 69.6 Å². The second-order valence-corrected chi connectivity index (χ2v) is 3.31. The van der Waals surface area contributed by atoms with Gasteiger partial charge in [-0.1, -0.05) is 12.1 Å². The Morgan fingerprint density at radius 2 is 2.13 bits per heavy atom. The van der Waals surface area contributed by atoms with E-state index in [9.17, 15) is 4.79 Å². The van der Waals surface area contributed by atoms with E-state index in [1.54, 1.807) is 19.1 Å². The molecule has 0 aliphatic rings. The highest BCUT2D eigenvalue weighted by atomic mass is 16.4. The minimum atomic E-state index is -1.49. The smallest absolute Gasteiger partial charge is 0.423 e. The van der Waals surface area contributed by atoms with Crippen LogP contribution in [0.25, 0.3) is 0 Å². The first-order chi connectivity index (χ1) is 7.06. The summed E-state index contributed by atoms with van der Waals surface area (Å²) in [6, 6.07) is 4.71.